The summed E-state index contributed by atoms with van der Waals surface area (Å²) >= 11 is 0. The van der Waals surface area contributed by atoms with E-state index in [1.165, 1.54) is 24.3 Å². The summed E-state index contributed by atoms with van der Waals surface area (Å²) < 4.78 is 39.3. The summed E-state index contributed by atoms with van der Waals surface area (Å²) in [5.41, 5.74) is 1.08. The lowest BCUT2D eigenvalue weighted by atomic mass is 10.1. The van der Waals surface area contributed by atoms with Gasteiger partial charge in [0, 0.05) is 12.6 Å². The van der Waals surface area contributed by atoms with Crippen molar-refractivity contribution in [1.29, 1.82) is 0 Å². The largest absolute Gasteiger partial charge is 0.418 e. The predicted molar refractivity (Wildman–Crippen MR) is 99.1 cm³/mol. The maximum absolute atomic E-state index is 13.1. The van der Waals surface area contributed by atoms with Crippen molar-refractivity contribution in [2.45, 2.75) is 19.6 Å². The number of benzene rings is 2. The maximum atomic E-state index is 13.1. The lowest BCUT2D eigenvalue weighted by Crippen LogP contribution is -2.24. The first kappa shape index (κ1) is 19.3. The van der Waals surface area contributed by atoms with Crippen LogP contribution in [0.1, 0.15) is 27.2 Å². The number of carbonyl (C=O) groups excluding carboxylic acids is 1. The summed E-state index contributed by atoms with van der Waals surface area (Å²) in [4.78, 5) is 20.1. The molecule has 0 aliphatic carbocycles. The number of hydrogen-bond donors (Lipinski definition) is 2. The van der Waals surface area contributed by atoms with Gasteiger partial charge in [-0.2, -0.15) is 13.2 Å². The van der Waals surface area contributed by atoms with Crippen molar-refractivity contribution < 1.29 is 18.0 Å². The third-order valence-corrected chi connectivity index (χ3v) is 3.93. The molecule has 2 aromatic carbocycles. The zero-order valence-corrected chi connectivity index (χ0v) is 14.9. The highest BCUT2D eigenvalue weighted by atomic mass is 19.4. The average Bonchev–Trinajstić information content (AvgIpc) is 2.66. The minimum absolute atomic E-state index is 0.0506. The molecular formula is C20H17F3N4O. The first-order chi connectivity index (χ1) is 13.3. The zero-order valence-electron chi connectivity index (χ0n) is 14.9. The summed E-state index contributed by atoms with van der Waals surface area (Å²) in [5, 5.41) is 5.34. The van der Waals surface area contributed by atoms with E-state index in [1.54, 1.807) is 0 Å². The molecule has 0 aliphatic rings. The number of carbonyl (C=O) groups is 1. The van der Waals surface area contributed by atoms with Crippen LogP contribution in [0.3, 0.4) is 0 Å². The minimum Gasteiger partial charge on any atom is -0.347 e. The van der Waals surface area contributed by atoms with Crippen LogP contribution in [0.15, 0.2) is 60.9 Å². The van der Waals surface area contributed by atoms with Crippen molar-refractivity contribution >= 4 is 17.4 Å². The molecular weight excluding hydrogens is 369 g/mol. The molecule has 28 heavy (non-hydrogen) atoms. The Kier molecular flexibility index (Phi) is 5.58. The van der Waals surface area contributed by atoms with Crippen LogP contribution in [0, 0.1) is 6.92 Å². The van der Waals surface area contributed by atoms with Gasteiger partial charge < -0.3 is 10.6 Å². The van der Waals surface area contributed by atoms with Gasteiger partial charge in [-0.3, -0.25) is 4.79 Å². The summed E-state index contributed by atoms with van der Waals surface area (Å²) in [7, 11) is 0. The van der Waals surface area contributed by atoms with Crippen LogP contribution >= 0.6 is 0 Å². The molecule has 1 aromatic heterocycles. The van der Waals surface area contributed by atoms with E-state index >= 15 is 0 Å². The van der Waals surface area contributed by atoms with Crippen molar-refractivity contribution in [2.24, 2.45) is 0 Å². The number of rotatable bonds is 5. The van der Waals surface area contributed by atoms with E-state index in [1.807, 2.05) is 31.2 Å². The number of nitrogens with one attached hydrogen (secondary N) is 2. The number of hydrogen-bond acceptors (Lipinski definition) is 4. The Balaban J connectivity index is 1.73. The Morgan fingerprint density at radius 1 is 1.04 bits per heavy atom. The summed E-state index contributed by atoms with van der Waals surface area (Å²) in [5.74, 6) is -0.358. The van der Waals surface area contributed by atoms with Crippen LogP contribution in [-0.2, 0) is 12.7 Å². The second kappa shape index (κ2) is 8.08. The van der Waals surface area contributed by atoms with Crippen molar-refractivity contribution in [3.05, 3.63) is 83.3 Å². The van der Waals surface area contributed by atoms with Crippen molar-refractivity contribution in [2.75, 3.05) is 5.32 Å². The predicted octanol–water partition coefficient (Wildman–Crippen LogP) is 4.48. The average molecular weight is 386 g/mol. The SMILES string of the molecule is Cc1cccc(CNC(=O)c2cc(Nc3ccccc3C(F)(F)F)ncn2)c1. The van der Waals surface area contributed by atoms with Crippen molar-refractivity contribution in [1.82, 2.24) is 15.3 Å². The maximum Gasteiger partial charge on any atom is 0.418 e. The minimum atomic E-state index is -4.51. The van der Waals surface area contributed by atoms with Gasteiger partial charge in [0.05, 0.1) is 11.3 Å². The van der Waals surface area contributed by atoms with Crippen LogP contribution in [-0.4, -0.2) is 15.9 Å². The van der Waals surface area contributed by atoms with Crippen LogP contribution < -0.4 is 10.6 Å². The Morgan fingerprint density at radius 3 is 2.57 bits per heavy atom. The van der Waals surface area contributed by atoms with Crippen molar-refractivity contribution in [3.8, 4) is 0 Å². The van der Waals surface area contributed by atoms with Gasteiger partial charge in [0.2, 0.25) is 0 Å². The van der Waals surface area contributed by atoms with Gasteiger partial charge >= 0.3 is 6.18 Å². The first-order valence-electron chi connectivity index (χ1n) is 8.42. The molecule has 5 nitrogen and oxygen atoms in total. The topological polar surface area (TPSA) is 66.9 Å². The van der Waals surface area contributed by atoms with Crippen LogP contribution in [0.25, 0.3) is 0 Å². The summed E-state index contributed by atoms with van der Waals surface area (Å²) in [6.07, 6.45) is -3.38. The van der Waals surface area contributed by atoms with Gasteiger partial charge in [-0.25, -0.2) is 9.97 Å². The molecule has 144 valence electrons. The molecule has 3 aromatic rings. The number of halogens is 3. The zero-order chi connectivity index (χ0) is 20.1. The number of anilines is 2. The monoisotopic (exact) mass is 386 g/mol. The molecule has 3 rings (SSSR count). The van der Waals surface area contributed by atoms with E-state index in [9.17, 15) is 18.0 Å². The molecule has 0 bridgehead atoms. The molecule has 0 fully saturated rings. The Labute approximate surface area is 159 Å². The van der Waals surface area contributed by atoms with Crippen LogP contribution in [0.5, 0.6) is 0 Å². The fourth-order valence-corrected chi connectivity index (χ4v) is 2.62. The molecule has 0 atom stereocenters. The number of aromatic nitrogens is 2. The summed E-state index contributed by atoms with van der Waals surface area (Å²) in [6, 6.07) is 14.0. The van der Waals surface area contributed by atoms with Gasteiger partial charge in [-0.1, -0.05) is 42.0 Å². The molecule has 0 saturated carbocycles. The van der Waals surface area contributed by atoms with Gasteiger partial charge in [-0.15, -0.1) is 0 Å². The molecule has 2 N–H and O–H groups in total. The van der Waals surface area contributed by atoms with E-state index < -0.39 is 17.6 Å². The smallest absolute Gasteiger partial charge is 0.347 e. The molecule has 0 spiro atoms. The normalized spacial score (nSPS) is 11.1. The number of aryl methyl sites for hydroxylation is 1. The Hall–Kier alpha value is -3.42. The highest BCUT2D eigenvalue weighted by molar-refractivity contribution is 5.92. The molecule has 8 heteroatoms. The first-order valence-corrected chi connectivity index (χ1v) is 8.42. The molecule has 0 saturated heterocycles. The van der Waals surface area contributed by atoms with Gasteiger partial charge in [0.15, 0.2) is 0 Å². The molecule has 0 radical (unpaired) electrons. The molecule has 0 unspecified atom stereocenters. The quantitative estimate of drug-likeness (QED) is 0.679. The highest BCUT2D eigenvalue weighted by Crippen LogP contribution is 2.35. The van der Waals surface area contributed by atoms with E-state index in [0.29, 0.717) is 6.54 Å². The number of alkyl halides is 3. The van der Waals surface area contributed by atoms with E-state index in [2.05, 4.69) is 20.6 Å². The van der Waals surface area contributed by atoms with Crippen molar-refractivity contribution in [3.63, 3.8) is 0 Å². The molecule has 0 aliphatic heterocycles. The number of nitrogens with zero attached hydrogens (tertiary/aromatic N) is 2. The number of amides is 1. The fourth-order valence-electron chi connectivity index (χ4n) is 2.62. The fraction of sp³-hybridized carbons (Fsp3) is 0.150. The van der Waals surface area contributed by atoms with E-state index in [0.717, 1.165) is 23.5 Å². The standard InChI is InChI=1S/C20H17F3N4O/c1-13-5-4-6-14(9-13)11-24-19(28)17-10-18(26-12-25-17)27-16-8-3-2-7-15(16)20(21,22)23/h2-10,12H,11H2,1H3,(H,24,28)(H,25,26,27). The van der Waals surface area contributed by atoms with Crippen LogP contribution in [0.4, 0.5) is 24.7 Å². The Bertz CT molecular complexity index is 989. The molecule has 1 amide bonds. The Morgan fingerprint density at radius 2 is 1.82 bits per heavy atom. The third kappa shape index (κ3) is 4.85. The van der Waals surface area contributed by atoms with Gasteiger partial charge in [0.1, 0.15) is 17.8 Å². The van der Waals surface area contributed by atoms with E-state index in [-0.39, 0.29) is 17.2 Å². The van der Waals surface area contributed by atoms with Crippen LogP contribution in [0.2, 0.25) is 0 Å². The second-order valence-electron chi connectivity index (χ2n) is 6.13. The highest BCUT2D eigenvalue weighted by Gasteiger charge is 2.33. The van der Waals surface area contributed by atoms with E-state index in [4.69, 9.17) is 0 Å². The lowest BCUT2D eigenvalue weighted by molar-refractivity contribution is -0.136. The number of para-hydroxylation sites is 1. The summed E-state index contributed by atoms with van der Waals surface area (Å²) in [6.45, 7) is 2.26. The second-order valence-corrected chi connectivity index (χ2v) is 6.13. The lowest BCUT2D eigenvalue weighted by Gasteiger charge is -2.14. The molecule has 1 heterocycles. The van der Waals surface area contributed by atoms with Gasteiger partial charge in [0.25, 0.3) is 5.91 Å². The van der Waals surface area contributed by atoms with Gasteiger partial charge in [-0.05, 0) is 24.6 Å². The third-order valence-electron chi connectivity index (χ3n) is 3.93.